The second kappa shape index (κ2) is 4.66. The van der Waals surface area contributed by atoms with Crippen LogP contribution in [0, 0.1) is 6.92 Å². The normalized spacial score (nSPS) is 11.8. The number of benzene rings is 1. The van der Waals surface area contributed by atoms with E-state index in [1.54, 1.807) is 0 Å². The van der Waals surface area contributed by atoms with Crippen molar-refractivity contribution in [3.05, 3.63) is 35.4 Å². The number of primary amides is 1. The number of hydrogen-bond acceptors (Lipinski definition) is 2. The fourth-order valence-electron chi connectivity index (χ4n) is 1.61. The van der Waals surface area contributed by atoms with Crippen LogP contribution in [0.2, 0.25) is 0 Å². The highest BCUT2D eigenvalue weighted by Crippen LogP contribution is 2.26. The molecule has 0 heterocycles. The summed E-state index contributed by atoms with van der Waals surface area (Å²) >= 11 is 0. The Labute approximate surface area is 97.2 Å². The van der Waals surface area contributed by atoms with Crippen molar-refractivity contribution in [2.75, 3.05) is 13.6 Å². The maximum absolute atomic E-state index is 10.9. The molecule has 1 aromatic rings. The minimum atomic E-state index is -0.303. The van der Waals surface area contributed by atoms with E-state index in [2.05, 4.69) is 45.0 Å². The monoisotopic (exact) mass is 220 g/mol. The number of rotatable bonds is 4. The lowest BCUT2D eigenvalue weighted by Gasteiger charge is -2.35. The van der Waals surface area contributed by atoms with Crippen LogP contribution < -0.4 is 5.73 Å². The Balaban J connectivity index is 2.91. The lowest BCUT2D eigenvalue weighted by molar-refractivity contribution is -0.120. The van der Waals surface area contributed by atoms with Crippen LogP contribution in [0.3, 0.4) is 0 Å². The van der Waals surface area contributed by atoms with E-state index in [0.717, 1.165) is 0 Å². The van der Waals surface area contributed by atoms with Gasteiger partial charge in [-0.1, -0.05) is 29.8 Å². The molecule has 0 aliphatic rings. The van der Waals surface area contributed by atoms with Crippen LogP contribution in [0.1, 0.15) is 25.0 Å². The molecule has 1 rings (SSSR count). The predicted octanol–water partition coefficient (Wildman–Crippen LogP) is 1.65. The number of likely N-dealkylation sites (N-methyl/N-ethyl adjacent to an activating group) is 1. The molecule has 0 saturated carbocycles. The van der Waals surface area contributed by atoms with Gasteiger partial charge in [0.1, 0.15) is 0 Å². The van der Waals surface area contributed by atoms with Crippen LogP contribution in [0.15, 0.2) is 24.3 Å². The van der Waals surface area contributed by atoms with Gasteiger partial charge in [0, 0.05) is 5.54 Å². The van der Waals surface area contributed by atoms with Crippen molar-refractivity contribution in [1.82, 2.24) is 4.90 Å². The molecule has 16 heavy (non-hydrogen) atoms. The molecule has 0 radical (unpaired) electrons. The zero-order valence-corrected chi connectivity index (χ0v) is 10.4. The Morgan fingerprint density at radius 1 is 1.31 bits per heavy atom. The van der Waals surface area contributed by atoms with Gasteiger partial charge in [0.15, 0.2) is 0 Å². The fourth-order valence-corrected chi connectivity index (χ4v) is 1.61. The van der Waals surface area contributed by atoms with Gasteiger partial charge >= 0.3 is 0 Å². The molecule has 1 aromatic carbocycles. The highest BCUT2D eigenvalue weighted by molar-refractivity contribution is 5.76. The van der Waals surface area contributed by atoms with Crippen LogP contribution in [0.25, 0.3) is 0 Å². The molecule has 88 valence electrons. The first-order chi connectivity index (χ1) is 7.34. The van der Waals surface area contributed by atoms with Crippen molar-refractivity contribution in [1.29, 1.82) is 0 Å². The number of carbonyl (C=O) groups is 1. The van der Waals surface area contributed by atoms with E-state index in [9.17, 15) is 4.79 Å². The summed E-state index contributed by atoms with van der Waals surface area (Å²) in [4.78, 5) is 12.9. The Hall–Kier alpha value is -1.35. The molecule has 0 aliphatic heterocycles. The van der Waals surface area contributed by atoms with Crippen LogP contribution in [0.4, 0.5) is 0 Å². The van der Waals surface area contributed by atoms with E-state index in [-0.39, 0.29) is 18.0 Å². The number of nitrogens with zero attached hydrogens (tertiary/aromatic N) is 1. The maximum atomic E-state index is 10.9. The van der Waals surface area contributed by atoms with E-state index in [1.165, 1.54) is 11.1 Å². The summed E-state index contributed by atoms with van der Waals surface area (Å²) in [6.45, 7) is 6.49. The number of amides is 1. The van der Waals surface area contributed by atoms with E-state index in [0.29, 0.717) is 0 Å². The zero-order chi connectivity index (χ0) is 12.3. The average molecular weight is 220 g/mol. The predicted molar refractivity (Wildman–Crippen MR) is 66.0 cm³/mol. The summed E-state index contributed by atoms with van der Waals surface area (Å²) in [5.41, 5.74) is 7.44. The SMILES string of the molecule is Cc1ccc(C(C)(C)N(C)CC(N)=O)cc1. The van der Waals surface area contributed by atoms with E-state index in [1.807, 2.05) is 11.9 Å². The summed E-state index contributed by atoms with van der Waals surface area (Å²) in [5, 5.41) is 0. The Morgan fingerprint density at radius 3 is 2.25 bits per heavy atom. The summed E-state index contributed by atoms with van der Waals surface area (Å²) in [6, 6.07) is 8.34. The van der Waals surface area contributed by atoms with Crippen molar-refractivity contribution < 1.29 is 4.79 Å². The molecule has 1 amide bonds. The molecule has 0 saturated heterocycles. The third kappa shape index (κ3) is 2.83. The quantitative estimate of drug-likeness (QED) is 0.838. The van der Waals surface area contributed by atoms with Crippen molar-refractivity contribution in [3.8, 4) is 0 Å². The van der Waals surface area contributed by atoms with Crippen molar-refractivity contribution in [2.24, 2.45) is 5.73 Å². The molecular weight excluding hydrogens is 200 g/mol. The topological polar surface area (TPSA) is 46.3 Å². The molecule has 0 spiro atoms. The largest absolute Gasteiger partial charge is 0.369 e. The minimum Gasteiger partial charge on any atom is -0.369 e. The van der Waals surface area contributed by atoms with Crippen molar-refractivity contribution in [3.63, 3.8) is 0 Å². The van der Waals surface area contributed by atoms with Gasteiger partial charge in [-0.05, 0) is 33.4 Å². The first kappa shape index (κ1) is 12.7. The molecule has 3 nitrogen and oxygen atoms in total. The van der Waals surface area contributed by atoms with Gasteiger partial charge in [-0.25, -0.2) is 0 Å². The molecule has 0 unspecified atom stereocenters. The summed E-state index contributed by atoms with van der Waals surface area (Å²) in [7, 11) is 1.91. The van der Waals surface area contributed by atoms with Gasteiger partial charge in [-0.15, -0.1) is 0 Å². The maximum Gasteiger partial charge on any atom is 0.231 e. The Bertz CT molecular complexity index is 368. The second-order valence-corrected chi connectivity index (χ2v) is 4.75. The number of nitrogens with two attached hydrogens (primary N) is 1. The van der Waals surface area contributed by atoms with Crippen molar-refractivity contribution in [2.45, 2.75) is 26.3 Å². The minimum absolute atomic E-state index is 0.192. The first-order valence-corrected chi connectivity index (χ1v) is 5.40. The molecular formula is C13H20N2O. The molecule has 0 atom stereocenters. The third-order valence-corrected chi connectivity index (χ3v) is 3.11. The van der Waals surface area contributed by atoms with Gasteiger partial charge in [0.25, 0.3) is 0 Å². The molecule has 3 heteroatoms. The molecule has 0 aliphatic carbocycles. The number of carbonyl (C=O) groups excluding carboxylic acids is 1. The van der Waals surface area contributed by atoms with Gasteiger partial charge in [0.2, 0.25) is 5.91 Å². The van der Waals surface area contributed by atoms with Crippen LogP contribution in [0.5, 0.6) is 0 Å². The molecule has 0 aromatic heterocycles. The lowest BCUT2D eigenvalue weighted by Crippen LogP contribution is -2.43. The molecule has 2 N–H and O–H groups in total. The van der Waals surface area contributed by atoms with E-state index in [4.69, 9.17) is 5.73 Å². The smallest absolute Gasteiger partial charge is 0.231 e. The first-order valence-electron chi connectivity index (χ1n) is 5.40. The summed E-state index contributed by atoms with van der Waals surface area (Å²) in [6.07, 6.45) is 0. The average Bonchev–Trinajstić information content (AvgIpc) is 2.17. The van der Waals surface area contributed by atoms with Gasteiger partial charge in [-0.3, -0.25) is 9.69 Å². The van der Waals surface area contributed by atoms with Gasteiger partial charge in [-0.2, -0.15) is 0 Å². The van der Waals surface area contributed by atoms with Gasteiger partial charge in [0.05, 0.1) is 6.54 Å². The standard InChI is InChI=1S/C13H20N2O/c1-10-5-7-11(8-6-10)13(2,3)15(4)9-12(14)16/h5-8H,9H2,1-4H3,(H2,14,16). The Morgan fingerprint density at radius 2 is 1.81 bits per heavy atom. The van der Waals surface area contributed by atoms with E-state index >= 15 is 0 Å². The summed E-state index contributed by atoms with van der Waals surface area (Å²) in [5.74, 6) is -0.303. The van der Waals surface area contributed by atoms with Crippen LogP contribution in [-0.4, -0.2) is 24.4 Å². The summed E-state index contributed by atoms with van der Waals surface area (Å²) < 4.78 is 0. The number of aryl methyl sites for hydroxylation is 1. The molecule has 0 fully saturated rings. The van der Waals surface area contributed by atoms with E-state index < -0.39 is 0 Å². The second-order valence-electron chi connectivity index (χ2n) is 4.75. The fraction of sp³-hybridized carbons (Fsp3) is 0.462. The molecule has 0 bridgehead atoms. The Kier molecular flexibility index (Phi) is 3.70. The van der Waals surface area contributed by atoms with Crippen molar-refractivity contribution >= 4 is 5.91 Å². The lowest BCUT2D eigenvalue weighted by atomic mass is 9.92. The zero-order valence-electron chi connectivity index (χ0n) is 10.4. The highest BCUT2D eigenvalue weighted by atomic mass is 16.1. The number of hydrogen-bond donors (Lipinski definition) is 1. The van der Waals surface area contributed by atoms with Crippen LogP contribution >= 0.6 is 0 Å². The van der Waals surface area contributed by atoms with Crippen LogP contribution in [-0.2, 0) is 10.3 Å². The highest BCUT2D eigenvalue weighted by Gasteiger charge is 2.26. The third-order valence-electron chi connectivity index (χ3n) is 3.11. The van der Waals surface area contributed by atoms with Gasteiger partial charge < -0.3 is 5.73 Å².